The molecule has 0 atom stereocenters. The Morgan fingerprint density at radius 1 is 1.06 bits per heavy atom. The SMILES string of the molecule is COc1ccc(-c2nnn(-c3nc(CN4CCC(C)CC4)nc4sc5c(c34)CCC5)n2)cc1OC. The van der Waals surface area contributed by atoms with Gasteiger partial charge in [-0.15, -0.1) is 26.3 Å². The summed E-state index contributed by atoms with van der Waals surface area (Å²) < 4.78 is 10.8. The summed E-state index contributed by atoms with van der Waals surface area (Å²) >= 11 is 1.79. The van der Waals surface area contributed by atoms with Crippen LogP contribution in [0.4, 0.5) is 0 Å². The van der Waals surface area contributed by atoms with Gasteiger partial charge in [-0.25, -0.2) is 9.97 Å². The zero-order valence-electron chi connectivity index (χ0n) is 20.3. The number of hydrogen-bond donors (Lipinski definition) is 0. The molecular formula is C25H29N7O2S. The summed E-state index contributed by atoms with van der Waals surface area (Å²) in [6.07, 6.45) is 5.78. The third kappa shape index (κ3) is 4.14. The lowest BCUT2D eigenvalue weighted by Crippen LogP contribution is -2.33. The molecule has 35 heavy (non-hydrogen) atoms. The summed E-state index contributed by atoms with van der Waals surface area (Å²) in [5.74, 6) is 4.14. The molecule has 0 saturated carbocycles. The van der Waals surface area contributed by atoms with Crippen LogP contribution in [-0.4, -0.2) is 62.4 Å². The van der Waals surface area contributed by atoms with Gasteiger partial charge in [-0.05, 0) is 80.1 Å². The fourth-order valence-corrected chi connectivity index (χ4v) is 6.32. The average molecular weight is 492 g/mol. The largest absolute Gasteiger partial charge is 0.493 e. The topological polar surface area (TPSA) is 91.1 Å². The number of thiophene rings is 1. The van der Waals surface area contributed by atoms with Crippen molar-refractivity contribution in [3.05, 3.63) is 34.5 Å². The number of aromatic nitrogens is 6. The maximum Gasteiger partial charge on any atom is 0.205 e. The van der Waals surface area contributed by atoms with E-state index in [9.17, 15) is 0 Å². The second-order valence-electron chi connectivity index (χ2n) is 9.43. The Bertz CT molecular complexity index is 1370. The zero-order valence-corrected chi connectivity index (χ0v) is 21.1. The Labute approximate surface area is 208 Å². The van der Waals surface area contributed by atoms with Crippen molar-refractivity contribution in [3.8, 4) is 28.7 Å². The lowest BCUT2D eigenvalue weighted by molar-refractivity contribution is 0.181. The van der Waals surface area contributed by atoms with E-state index in [0.29, 0.717) is 17.3 Å². The molecule has 0 N–H and O–H groups in total. The minimum Gasteiger partial charge on any atom is -0.493 e. The molecule has 9 nitrogen and oxygen atoms in total. The number of ether oxygens (including phenoxy) is 2. The summed E-state index contributed by atoms with van der Waals surface area (Å²) in [6.45, 7) is 5.25. The molecule has 0 radical (unpaired) electrons. The molecule has 10 heteroatoms. The summed E-state index contributed by atoms with van der Waals surface area (Å²) in [5.41, 5.74) is 2.15. The Balaban J connectivity index is 1.40. The highest BCUT2D eigenvalue weighted by Gasteiger charge is 2.25. The normalized spacial score (nSPS) is 16.7. The summed E-state index contributed by atoms with van der Waals surface area (Å²) in [4.78, 5) is 16.5. The van der Waals surface area contributed by atoms with E-state index >= 15 is 0 Å². The molecule has 1 fully saturated rings. The van der Waals surface area contributed by atoms with Gasteiger partial charge in [0, 0.05) is 10.4 Å². The van der Waals surface area contributed by atoms with E-state index in [0.717, 1.165) is 65.8 Å². The van der Waals surface area contributed by atoms with Gasteiger partial charge < -0.3 is 9.47 Å². The van der Waals surface area contributed by atoms with Crippen molar-refractivity contribution in [1.29, 1.82) is 0 Å². The molecule has 0 unspecified atom stereocenters. The molecule has 1 aromatic carbocycles. The van der Waals surface area contributed by atoms with E-state index in [1.807, 2.05) is 18.2 Å². The lowest BCUT2D eigenvalue weighted by atomic mass is 9.99. The number of benzene rings is 1. The van der Waals surface area contributed by atoms with Crippen molar-refractivity contribution in [2.75, 3.05) is 27.3 Å². The predicted octanol–water partition coefficient (Wildman–Crippen LogP) is 4.07. The molecule has 2 aliphatic rings. The Hall–Kier alpha value is -3.11. The third-order valence-corrected chi connectivity index (χ3v) is 8.26. The molecule has 1 aliphatic carbocycles. The fraction of sp³-hybridized carbons (Fsp3) is 0.480. The minimum absolute atomic E-state index is 0.510. The molecule has 1 saturated heterocycles. The Kier molecular flexibility index (Phi) is 5.85. The lowest BCUT2D eigenvalue weighted by Gasteiger charge is -2.29. The zero-order chi connectivity index (χ0) is 23.9. The van der Waals surface area contributed by atoms with Gasteiger partial charge >= 0.3 is 0 Å². The molecule has 0 spiro atoms. The van der Waals surface area contributed by atoms with Gasteiger partial charge in [-0.3, -0.25) is 4.90 Å². The molecule has 0 bridgehead atoms. The second kappa shape index (κ2) is 9.16. The maximum atomic E-state index is 5.45. The van der Waals surface area contributed by atoms with Crippen LogP contribution in [0.3, 0.4) is 0 Å². The van der Waals surface area contributed by atoms with E-state index in [1.54, 1.807) is 30.4 Å². The smallest absolute Gasteiger partial charge is 0.205 e. The number of likely N-dealkylation sites (tertiary alicyclic amines) is 1. The van der Waals surface area contributed by atoms with Gasteiger partial charge in [0.15, 0.2) is 17.3 Å². The number of aryl methyl sites for hydroxylation is 2. The Morgan fingerprint density at radius 3 is 2.69 bits per heavy atom. The first-order valence-corrected chi connectivity index (χ1v) is 13.0. The quantitative estimate of drug-likeness (QED) is 0.399. The summed E-state index contributed by atoms with van der Waals surface area (Å²) in [7, 11) is 3.24. The maximum absolute atomic E-state index is 5.45. The van der Waals surface area contributed by atoms with Crippen LogP contribution in [0.5, 0.6) is 11.5 Å². The first kappa shape index (κ1) is 22.4. The highest BCUT2D eigenvalue weighted by Crippen LogP contribution is 2.39. The van der Waals surface area contributed by atoms with Crippen molar-refractivity contribution in [1.82, 2.24) is 35.1 Å². The highest BCUT2D eigenvalue weighted by molar-refractivity contribution is 7.19. The van der Waals surface area contributed by atoms with Crippen LogP contribution in [-0.2, 0) is 19.4 Å². The van der Waals surface area contributed by atoms with E-state index < -0.39 is 0 Å². The summed E-state index contributed by atoms with van der Waals surface area (Å²) in [5, 5.41) is 14.6. The van der Waals surface area contributed by atoms with Crippen molar-refractivity contribution in [2.45, 2.75) is 45.6 Å². The van der Waals surface area contributed by atoms with E-state index in [2.05, 4.69) is 22.1 Å². The van der Waals surface area contributed by atoms with Gasteiger partial charge in [0.05, 0.1) is 26.2 Å². The van der Waals surface area contributed by atoms with Gasteiger partial charge in [0.2, 0.25) is 5.82 Å². The monoisotopic (exact) mass is 491 g/mol. The number of nitrogens with zero attached hydrogens (tertiary/aromatic N) is 7. The van der Waals surface area contributed by atoms with Crippen LogP contribution in [0.25, 0.3) is 27.4 Å². The van der Waals surface area contributed by atoms with E-state index in [-0.39, 0.29) is 0 Å². The van der Waals surface area contributed by atoms with Crippen molar-refractivity contribution in [3.63, 3.8) is 0 Å². The number of piperidine rings is 1. The summed E-state index contributed by atoms with van der Waals surface area (Å²) in [6, 6.07) is 5.62. The molecule has 1 aliphatic heterocycles. The molecule has 0 amide bonds. The molecule has 6 rings (SSSR count). The van der Waals surface area contributed by atoms with Gasteiger partial charge in [-0.2, -0.15) is 0 Å². The second-order valence-corrected chi connectivity index (χ2v) is 10.5. The van der Waals surface area contributed by atoms with Gasteiger partial charge in [0.25, 0.3) is 0 Å². The molecule has 4 heterocycles. The number of tetrazole rings is 1. The first-order valence-electron chi connectivity index (χ1n) is 12.2. The Morgan fingerprint density at radius 2 is 1.89 bits per heavy atom. The molecular weight excluding hydrogens is 462 g/mol. The highest BCUT2D eigenvalue weighted by atomic mass is 32.1. The molecule has 4 aromatic rings. The van der Waals surface area contributed by atoms with Crippen LogP contribution in [0.2, 0.25) is 0 Å². The first-order chi connectivity index (χ1) is 17.1. The van der Waals surface area contributed by atoms with Crippen molar-refractivity contribution in [2.24, 2.45) is 5.92 Å². The van der Waals surface area contributed by atoms with Crippen LogP contribution in [0.1, 0.15) is 42.5 Å². The van der Waals surface area contributed by atoms with Crippen LogP contribution in [0.15, 0.2) is 18.2 Å². The number of methoxy groups -OCH3 is 2. The third-order valence-electron chi connectivity index (χ3n) is 7.08. The average Bonchev–Trinajstić information content (AvgIpc) is 3.61. The predicted molar refractivity (Wildman–Crippen MR) is 134 cm³/mol. The number of rotatable bonds is 6. The number of hydrogen-bond acceptors (Lipinski definition) is 9. The van der Waals surface area contributed by atoms with E-state index in [1.165, 1.54) is 29.7 Å². The fourth-order valence-electron chi connectivity index (χ4n) is 5.05. The van der Waals surface area contributed by atoms with Crippen molar-refractivity contribution < 1.29 is 9.47 Å². The van der Waals surface area contributed by atoms with Crippen LogP contribution >= 0.6 is 11.3 Å². The van der Waals surface area contributed by atoms with Crippen molar-refractivity contribution >= 4 is 21.6 Å². The van der Waals surface area contributed by atoms with E-state index in [4.69, 9.17) is 24.5 Å². The standard InChI is InChI=1S/C25H29N7O2S/c1-15-9-11-31(12-10-15)14-21-26-24(22-17-5-4-6-20(17)35-25(22)27-21)32-29-23(28-30-32)16-7-8-18(33-2)19(13-16)34-3/h7-8,13,15H,4-6,9-12,14H2,1-3H3. The van der Waals surface area contributed by atoms with Gasteiger partial charge in [-0.1, -0.05) is 6.92 Å². The van der Waals surface area contributed by atoms with Crippen LogP contribution in [0, 0.1) is 5.92 Å². The van der Waals surface area contributed by atoms with Crippen LogP contribution < -0.4 is 9.47 Å². The molecule has 182 valence electrons. The van der Waals surface area contributed by atoms with Gasteiger partial charge in [0.1, 0.15) is 10.7 Å². The minimum atomic E-state index is 0.510. The molecule has 3 aromatic heterocycles. The number of fused-ring (bicyclic) bond motifs is 3.